The Labute approximate surface area is 138 Å². The van der Waals surface area contributed by atoms with Crippen LogP contribution in [0.15, 0.2) is 36.5 Å². The average Bonchev–Trinajstić information content (AvgIpc) is 2.54. The Morgan fingerprint density at radius 3 is 2.58 bits per heavy atom. The zero-order chi connectivity index (χ0) is 17.5. The molecule has 0 aliphatic heterocycles. The first-order valence-corrected chi connectivity index (χ1v) is 7.27. The normalized spacial score (nSPS) is 10.1. The van der Waals surface area contributed by atoms with E-state index in [1.807, 2.05) is 6.07 Å². The van der Waals surface area contributed by atoms with E-state index < -0.39 is 11.6 Å². The number of carbonyl (C=O) groups excluding carboxylic acids is 1. The van der Waals surface area contributed by atoms with E-state index in [4.69, 9.17) is 5.26 Å². The molecule has 0 aliphatic carbocycles. The van der Waals surface area contributed by atoms with Crippen LogP contribution in [0.5, 0.6) is 0 Å². The molecule has 124 valence electrons. The van der Waals surface area contributed by atoms with E-state index in [0.29, 0.717) is 23.4 Å². The molecule has 0 unspecified atom stereocenters. The van der Waals surface area contributed by atoms with Crippen LogP contribution in [-0.2, 0) is 11.2 Å². The van der Waals surface area contributed by atoms with Gasteiger partial charge in [-0.25, -0.2) is 13.8 Å². The van der Waals surface area contributed by atoms with Crippen LogP contribution in [0.1, 0.15) is 11.1 Å². The first-order chi connectivity index (χ1) is 11.5. The maximum Gasteiger partial charge on any atom is 0.239 e. The van der Waals surface area contributed by atoms with Crippen LogP contribution in [0.2, 0.25) is 0 Å². The number of nitrogens with one attached hydrogen (secondary N) is 1. The number of pyridine rings is 1. The highest BCUT2D eigenvalue weighted by atomic mass is 19.1. The summed E-state index contributed by atoms with van der Waals surface area (Å²) in [5.74, 6) is -0.942. The molecule has 0 radical (unpaired) electrons. The number of benzene rings is 1. The summed E-state index contributed by atoms with van der Waals surface area (Å²) < 4.78 is 26.1. The second-order valence-corrected chi connectivity index (χ2v) is 5.25. The summed E-state index contributed by atoms with van der Waals surface area (Å²) >= 11 is 0. The van der Waals surface area contributed by atoms with Crippen molar-refractivity contribution in [3.8, 4) is 6.07 Å². The lowest BCUT2D eigenvalue weighted by Crippen LogP contribution is -2.36. The van der Waals surface area contributed by atoms with Gasteiger partial charge in [-0.05, 0) is 36.2 Å². The molecule has 7 heteroatoms. The Bertz CT molecular complexity index is 736. The molecule has 0 spiro atoms. The van der Waals surface area contributed by atoms with E-state index in [1.54, 1.807) is 24.1 Å². The second-order valence-electron chi connectivity index (χ2n) is 5.25. The third-order valence-electron chi connectivity index (χ3n) is 3.31. The minimum absolute atomic E-state index is 0.0798. The van der Waals surface area contributed by atoms with Gasteiger partial charge in [0.1, 0.15) is 23.5 Å². The lowest BCUT2D eigenvalue weighted by molar-refractivity contribution is -0.119. The van der Waals surface area contributed by atoms with Crippen molar-refractivity contribution in [3.05, 3.63) is 59.3 Å². The molecule has 1 N–H and O–H groups in total. The van der Waals surface area contributed by atoms with Crippen LogP contribution in [0.25, 0.3) is 0 Å². The van der Waals surface area contributed by atoms with E-state index in [0.717, 1.165) is 6.07 Å². The molecule has 1 aromatic heterocycles. The van der Waals surface area contributed by atoms with E-state index in [1.165, 1.54) is 18.3 Å². The van der Waals surface area contributed by atoms with Crippen LogP contribution in [0, 0.1) is 23.0 Å². The first kappa shape index (κ1) is 17.3. The van der Waals surface area contributed by atoms with Gasteiger partial charge in [-0.3, -0.25) is 4.79 Å². The average molecular weight is 330 g/mol. The molecule has 0 aliphatic rings. The standard InChI is InChI=1S/C17H16F2N4O/c1-23(16-3-2-13(9-20)10-22-16)11-17(24)21-5-4-12-6-14(18)8-15(19)7-12/h2-3,6-8,10H,4-5,11H2,1H3,(H,21,24). The number of hydrogen-bond acceptors (Lipinski definition) is 4. The summed E-state index contributed by atoms with van der Waals surface area (Å²) in [7, 11) is 1.70. The van der Waals surface area contributed by atoms with Gasteiger partial charge in [0.2, 0.25) is 5.91 Å². The second kappa shape index (κ2) is 8.02. The van der Waals surface area contributed by atoms with Crippen LogP contribution in [-0.4, -0.2) is 31.0 Å². The minimum Gasteiger partial charge on any atom is -0.354 e. The third-order valence-corrected chi connectivity index (χ3v) is 3.31. The van der Waals surface area contributed by atoms with E-state index in [2.05, 4.69) is 10.3 Å². The van der Waals surface area contributed by atoms with Crippen molar-refractivity contribution < 1.29 is 13.6 Å². The fraction of sp³-hybridized carbons (Fsp3) is 0.235. The quantitative estimate of drug-likeness (QED) is 0.880. The number of carbonyl (C=O) groups is 1. The summed E-state index contributed by atoms with van der Waals surface area (Å²) in [5.41, 5.74) is 0.925. The van der Waals surface area contributed by atoms with E-state index in [-0.39, 0.29) is 19.0 Å². The van der Waals surface area contributed by atoms with Crippen LogP contribution in [0.4, 0.5) is 14.6 Å². The monoisotopic (exact) mass is 330 g/mol. The number of hydrogen-bond donors (Lipinski definition) is 1. The molecular formula is C17H16F2N4O. The smallest absolute Gasteiger partial charge is 0.239 e. The third kappa shape index (κ3) is 5.02. The zero-order valence-corrected chi connectivity index (χ0v) is 13.1. The van der Waals surface area contributed by atoms with Crippen molar-refractivity contribution in [1.29, 1.82) is 5.26 Å². The zero-order valence-electron chi connectivity index (χ0n) is 13.1. The molecule has 2 rings (SSSR count). The molecular weight excluding hydrogens is 314 g/mol. The van der Waals surface area contributed by atoms with E-state index >= 15 is 0 Å². The Balaban J connectivity index is 1.81. The maximum atomic E-state index is 13.1. The van der Waals surface area contributed by atoms with Crippen LogP contribution < -0.4 is 10.2 Å². The highest BCUT2D eigenvalue weighted by Crippen LogP contribution is 2.09. The molecule has 0 atom stereocenters. The molecule has 0 bridgehead atoms. The van der Waals surface area contributed by atoms with Crippen molar-refractivity contribution >= 4 is 11.7 Å². The van der Waals surface area contributed by atoms with Gasteiger partial charge in [-0.15, -0.1) is 0 Å². The Morgan fingerprint density at radius 1 is 1.29 bits per heavy atom. The molecule has 1 amide bonds. The number of nitriles is 1. The summed E-state index contributed by atoms with van der Waals surface area (Å²) in [4.78, 5) is 17.6. The number of amides is 1. The summed E-state index contributed by atoms with van der Waals surface area (Å²) in [6.45, 7) is 0.354. The molecule has 0 saturated heterocycles. The fourth-order valence-corrected chi connectivity index (χ4v) is 2.13. The Morgan fingerprint density at radius 2 is 2.00 bits per heavy atom. The number of aromatic nitrogens is 1. The summed E-state index contributed by atoms with van der Waals surface area (Å²) in [6, 6.07) is 8.53. The fourth-order valence-electron chi connectivity index (χ4n) is 2.13. The highest BCUT2D eigenvalue weighted by Gasteiger charge is 2.08. The number of anilines is 1. The number of rotatable bonds is 6. The number of likely N-dealkylation sites (N-methyl/N-ethyl adjacent to an activating group) is 1. The number of nitrogens with zero attached hydrogens (tertiary/aromatic N) is 3. The summed E-state index contributed by atoms with van der Waals surface area (Å²) in [5, 5.41) is 11.4. The lowest BCUT2D eigenvalue weighted by Gasteiger charge is -2.17. The van der Waals surface area contributed by atoms with Gasteiger partial charge < -0.3 is 10.2 Å². The van der Waals surface area contributed by atoms with Gasteiger partial charge in [0.25, 0.3) is 0 Å². The topological polar surface area (TPSA) is 69.0 Å². The van der Waals surface area contributed by atoms with Gasteiger partial charge >= 0.3 is 0 Å². The maximum absolute atomic E-state index is 13.1. The predicted molar refractivity (Wildman–Crippen MR) is 85.3 cm³/mol. The molecule has 24 heavy (non-hydrogen) atoms. The molecule has 1 heterocycles. The predicted octanol–water partition coefficient (Wildman–Crippen LogP) is 2.03. The Hall–Kier alpha value is -3.01. The lowest BCUT2D eigenvalue weighted by atomic mass is 10.1. The number of halogens is 2. The van der Waals surface area contributed by atoms with Gasteiger partial charge in [0, 0.05) is 25.9 Å². The van der Waals surface area contributed by atoms with Crippen LogP contribution in [0.3, 0.4) is 0 Å². The van der Waals surface area contributed by atoms with Crippen molar-refractivity contribution in [3.63, 3.8) is 0 Å². The molecule has 2 aromatic rings. The van der Waals surface area contributed by atoms with Gasteiger partial charge in [0.15, 0.2) is 0 Å². The highest BCUT2D eigenvalue weighted by molar-refractivity contribution is 5.80. The molecule has 0 fully saturated rings. The molecule has 5 nitrogen and oxygen atoms in total. The SMILES string of the molecule is CN(CC(=O)NCCc1cc(F)cc(F)c1)c1ccc(C#N)cn1. The van der Waals surface area contributed by atoms with Gasteiger partial charge in [0.05, 0.1) is 12.1 Å². The minimum atomic E-state index is -0.636. The van der Waals surface area contributed by atoms with Crippen molar-refractivity contribution in [2.24, 2.45) is 0 Å². The van der Waals surface area contributed by atoms with Crippen LogP contribution >= 0.6 is 0 Å². The van der Waals surface area contributed by atoms with Crippen molar-refractivity contribution in [2.45, 2.75) is 6.42 Å². The molecule has 1 aromatic carbocycles. The van der Waals surface area contributed by atoms with Gasteiger partial charge in [-0.2, -0.15) is 5.26 Å². The first-order valence-electron chi connectivity index (χ1n) is 7.27. The summed E-state index contributed by atoms with van der Waals surface area (Å²) in [6.07, 6.45) is 1.77. The van der Waals surface area contributed by atoms with Crippen molar-refractivity contribution in [2.75, 3.05) is 25.0 Å². The van der Waals surface area contributed by atoms with Gasteiger partial charge in [-0.1, -0.05) is 0 Å². The molecule has 0 saturated carbocycles. The largest absolute Gasteiger partial charge is 0.354 e. The van der Waals surface area contributed by atoms with E-state index in [9.17, 15) is 13.6 Å². The van der Waals surface area contributed by atoms with Crippen molar-refractivity contribution in [1.82, 2.24) is 10.3 Å². The Kier molecular flexibility index (Phi) is 5.79.